The quantitative estimate of drug-likeness (QED) is 0.879. The summed E-state index contributed by atoms with van der Waals surface area (Å²) in [7, 11) is 0. The molecule has 1 aliphatic carbocycles. The Morgan fingerprint density at radius 1 is 1.21 bits per heavy atom. The Morgan fingerprint density at radius 2 is 2.11 bits per heavy atom. The van der Waals surface area contributed by atoms with Crippen LogP contribution in [0, 0.1) is 11.7 Å². The van der Waals surface area contributed by atoms with E-state index in [2.05, 4.69) is 26.6 Å². The number of benzene rings is 1. The Kier molecular flexibility index (Phi) is 4.08. The average Bonchev–Trinajstić information content (AvgIpc) is 3.03. The minimum Gasteiger partial charge on any atom is -0.380 e. The van der Waals surface area contributed by atoms with Crippen LogP contribution in [-0.4, -0.2) is 18.6 Å². The number of hydrogen-bond donors (Lipinski definition) is 2. The van der Waals surface area contributed by atoms with Crippen LogP contribution in [0.1, 0.15) is 32.1 Å². The van der Waals surface area contributed by atoms with E-state index < -0.39 is 0 Å². The third-order valence-electron chi connectivity index (χ3n) is 4.46. The topological polar surface area (TPSA) is 24.1 Å². The van der Waals surface area contributed by atoms with Crippen LogP contribution in [0.3, 0.4) is 0 Å². The Hall–Kier alpha value is -0.610. The summed E-state index contributed by atoms with van der Waals surface area (Å²) in [6.45, 7) is 1.14. The standard InChI is InChI=1S/C15H20BrFN2/c16-10-6-7-15(12(17)9-10)19-14-4-1-3-11(14)13-5-2-8-18-13/h6-7,9,11,13-14,18-19H,1-5,8H2. The highest BCUT2D eigenvalue weighted by Crippen LogP contribution is 2.34. The Morgan fingerprint density at radius 3 is 2.84 bits per heavy atom. The fraction of sp³-hybridized carbons (Fsp3) is 0.600. The summed E-state index contributed by atoms with van der Waals surface area (Å²) in [5.74, 6) is 0.477. The molecule has 0 spiro atoms. The molecule has 2 fully saturated rings. The summed E-state index contributed by atoms with van der Waals surface area (Å²) in [5.41, 5.74) is 0.637. The van der Waals surface area contributed by atoms with Gasteiger partial charge in [0.2, 0.25) is 0 Å². The lowest BCUT2D eigenvalue weighted by atomic mass is 9.93. The first-order valence-electron chi connectivity index (χ1n) is 7.19. The highest BCUT2D eigenvalue weighted by Gasteiger charge is 2.35. The molecule has 1 aromatic carbocycles. The number of rotatable bonds is 3. The molecular formula is C15H20BrFN2. The lowest BCUT2D eigenvalue weighted by Crippen LogP contribution is -2.38. The normalized spacial score (nSPS) is 30.7. The van der Waals surface area contributed by atoms with Gasteiger partial charge in [0.05, 0.1) is 5.69 Å². The van der Waals surface area contributed by atoms with Gasteiger partial charge in [-0.2, -0.15) is 0 Å². The largest absolute Gasteiger partial charge is 0.380 e. The second kappa shape index (κ2) is 5.80. The molecule has 4 heteroatoms. The zero-order valence-electron chi connectivity index (χ0n) is 11.0. The van der Waals surface area contributed by atoms with Crippen LogP contribution in [0.15, 0.2) is 22.7 Å². The van der Waals surface area contributed by atoms with Gasteiger partial charge in [-0.1, -0.05) is 22.4 Å². The zero-order valence-corrected chi connectivity index (χ0v) is 12.5. The van der Waals surface area contributed by atoms with Crippen LogP contribution in [-0.2, 0) is 0 Å². The molecule has 3 atom stereocenters. The van der Waals surface area contributed by atoms with Crippen molar-refractivity contribution in [3.63, 3.8) is 0 Å². The van der Waals surface area contributed by atoms with Gasteiger partial charge in [0.1, 0.15) is 5.82 Å². The summed E-state index contributed by atoms with van der Waals surface area (Å²) in [6, 6.07) is 6.28. The first-order chi connectivity index (χ1) is 9.24. The van der Waals surface area contributed by atoms with Gasteiger partial charge in [-0.15, -0.1) is 0 Å². The van der Waals surface area contributed by atoms with Gasteiger partial charge < -0.3 is 10.6 Å². The smallest absolute Gasteiger partial charge is 0.147 e. The fourth-order valence-corrected chi connectivity index (χ4v) is 3.87. The van der Waals surface area contributed by atoms with Crippen LogP contribution in [0.2, 0.25) is 0 Å². The Bertz CT molecular complexity index is 446. The van der Waals surface area contributed by atoms with Crippen LogP contribution < -0.4 is 10.6 Å². The van der Waals surface area contributed by atoms with E-state index in [0.29, 0.717) is 23.7 Å². The van der Waals surface area contributed by atoms with Crippen molar-refractivity contribution in [2.45, 2.75) is 44.2 Å². The molecule has 19 heavy (non-hydrogen) atoms. The van der Waals surface area contributed by atoms with Gasteiger partial charge in [0.25, 0.3) is 0 Å². The first-order valence-corrected chi connectivity index (χ1v) is 7.98. The lowest BCUT2D eigenvalue weighted by Gasteiger charge is -2.27. The van der Waals surface area contributed by atoms with Gasteiger partial charge in [0.15, 0.2) is 0 Å². The molecule has 2 aliphatic rings. The molecule has 0 aromatic heterocycles. The number of halogens is 2. The van der Waals surface area contributed by atoms with Crippen molar-refractivity contribution >= 4 is 21.6 Å². The van der Waals surface area contributed by atoms with Crippen molar-refractivity contribution in [3.8, 4) is 0 Å². The van der Waals surface area contributed by atoms with Gasteiger partial charge in [0, 0.05) is 16.6 Å². The van der Waals surface area contributed by atoms with Crippen LogP contribution in [0.4, 0.5) is 10.1 Å². The van der Waals surface area contributed by atoms with Crippen molar-refractivity contribution in [2.24, 2.45) is 5.92 Å². The molecule has 3 rings (SSSR count). The Balaban J connectivity index is 1.70. The average molecular weight is 327 g/mol. The van der Waals surface area contributed by atoms with E-state index in [1.54, 1.807) is 0 Å². The van der Waals surface area contributed by atoms with E-state index in [4.69, 9.17) is 0 Å². The maximum atomic E-state index is 13.9. The van der Waals surface area contributed by atoms with E-state index in [1.165, 1.54) is 31.7 Å². The molecule has 1 aliphatic heterocycles. The summed E-state index contributed by atoms with van der Waals surface area (Å²) in [5, 5.41) is 7.02. The highest BCUT2D eigenvalue weighted by atomic mass is 79.9. The second-order valence-electron chi connectivity index (χ2n) is 5.67. The van der Waals surface area contributed by atoms with Gasteiger partial charge >= 0.3 is 0 Å². The van der Waals surface area contributed by atoms with E-state index in [-0.39, 0.29) is 5.82 Å². The molecule has 1 aromatic rings. The van der Waals surface area contributed by atoms with Crippen molar-refractivity contribution < 1.29 is 4.39 Å². The molecular weight excluding hydrogens is 307 g/mol. The van der Waals surface area contributed by atoms with E-state index in [9.17, 15) is 4.39 Å². The zero-order chi connectivity index (χ0) is 13.2. The molecule has 1 saturated carbocycles. The van der Waals surface area contributed by atoms with Crippen molar-refractivity contribution in [1.29, 1.82) is 0 Å². The van der Waals surface area contributed by atoms with Crippen molar-refractivity contribution in [1.82, 2.24) is 5.32 Å². The molecule has 2 nitrogen and oxygen atoms in total. The summed E-state index contributed by atoms with van der Waals surface area (Å²) < 4.78 is 14.7. The lowest BCUT2D eigenvalue weighted by molar-refractivity contribution is 0.375. The van der Waals surface area contributed by atoms with Gasteiger partial charge in [-0.05, 0) is 56.3 Å². The van der Waals surface area contributed by atoms with E-state index in [0.717, 1.165) is 17.4 Å². The fourth-order valence-electron chi connectivity index (χ4n) is 3.53. The first kappa shape index (κ1) is 13.4. The summed E-state index contributed by atoms with van der Waals surface area (Å²) in [6.07, 6.45) is 6.21. The number of nitrogens with one attached hydrogen (secondary N) is 2. The predicted octanol–water partition coefficient (Wildman–Crippen LogP) is 3.92. The molecule has 1 heterocycles. The van der Waals surface area contributed by atoms with Crippen molar-refractivity contribution in [2.75, 3.05) is 11.9 Å². The maximum absolute atomic E-state index is 13.9. The molecule has 3 unspecified atom stereocenters. The summed E-state index contributed by atoms with van der Waals surface area (Å²) >= 11 is 3.30. The third kappa shape index (κ3) is 2.95. The molecule has 2 N–H and O–H groups in total. The molecule has 0 amide bonds. The van der Waals surface area contributed by atoms with E-state index in [1.807, 2.05) is 12.1 Å². The number of anilines is 1. The monoisotopic (exact) mass is 326 g/mol. The molecule has 104 valence electrons. The third-order valence-corrected chi connectivity index (χ3v) is 4.95. The minimum absolute atomic E-state index is 0.167. The van der Waals surface area contributed by atoms with Gasteiger partial charge in [-0.3, -0.25) is 0 Å². The maximum Gasteiger partial charge on any atom is 0.147 e. The molecule has 0 radical (unpaired) electrons. The van der Waals surface area contributed by atoms with Crippen LogP contribution in [0.5, 0.6) is 0 Å². The van der Waals surface area contributed by atoms with Crippen LogP contribution in [0.25, 0.3) is 0 Å². The van der Waals surface area contributed by atoms with E-state index >= 15 is 0 Å². The SMILES string of the molecule is Fc1cc(Br)ccc1NC1CCCC1C1CCCN1. The number of hydrogen-bond acceptors (Lipinski definition) is 2. The minimum atomic E-state index is -0.167. The van der Waals surface area contributed by atoms with Gasteiger partial charge in [-0.25, -0.2) is 4.39 Å². The Labute approximate surface area is 122 Å². The summed E-state index contributed by atoms with van der Waals surface area (Å²) in [4.78, 5) is 0. The highest BCUT2D eigenvalue weighted by molar-refractivity contribution is 9.10. The molecule has 1 saturated heterocycles. The molecule has 0 bridgehead atoms. The second-order valence-corrected chi connectivity index (χ2v) is 6.59. The predicted molar refractivity (Wildman–Crippen MR) is 79.9 cm³/mol. The van der Waals surface area contributed by atoms with Crippen LogP contribution >= 0.6 is 15.9 Å². The van der Waals surface area contributed by atoms with Crippen molar-refractivity contribution in [3.05, 3.63) is 28.5 Å².